The molecular weight excluding hydrogens is 218 g/mol. The van der Waals surface area contributed by atoms with E-state index in [0.29, 0.717) is 13.0 Å². The number of aliphatic carboxylic acids is 1. The summed E-state index contributed by atoms with van der Waals surface area (Å²) in [5, 5.41) is 19.1. The summed E-state index contributed by atoms with van der Waals surface area (Å²) in [7, 11) is 0. The van der Waals surface area contributed by atoms with E-state index in [9.17, 15) is 15.0 Å². The Morgan fingerprint density at radius 3 is 2.71 bits per heavy atom. The number of carbonyl (C=O) groups is 1. The number of fused-ring (bicyclic) bond motifs is 1. The number of aliphatic hydroxyl groups is 1. The summed E-state index contributed by atoms with van der Waals surface area (Å²) in [6.45, 7) is 3.70. The van der Waals surface area contributed by atoms with Gasteiger partial charge in [-0.05, 0) is 25.5 Å². The van der Waals surface area contributed by atoms with Crippen LogP contribution in [0.4, 0.5) is 5.69 Å². The number of anilines is 1. The average molecular weight is 235 g/mol. The van der Waals surface area contributed by atoms with Crippen LogP contribution in [-0.2, 0) is 11.2 Å². The zero-order chi connectivity index (χ0) is 12.6. The van der Waals surface area contributed by atoms with Crippen molar-refractivity contribution in [1.29, 1.82) is 0 Å². The smallest absolute Gasteiger partial charge is 0.326 e. The molecule has 1 aliphatic rings. The first kappa shape index (κ1) is 11.9. The second-order valence-electron chi connectivity index (χ2n) is 5.13. The maximum absolute atomic E-state index is 11.2. The third-order valence-electron chi connectivity index (χ3n) is 2.93. The van der Waals surface area contributed by atoms with Gasteiger partial charge in [-0.15, -0.1) is 0 Å². The Hall–Kier alpha value is -1.55. The molecule has 0 saturated carbocycles. The SMILES string of the molecule is CC(C)(O)CN1c2ccccc2CC1C(=O)O. The highest BCUT2D eigenvalue weighted by atomic mass is 16.4. The van der Waals surface area contributed by atoms with Crippen LogP contribution < -0.4 is 4.90 Å². The molecule has 0 radical (unpaired) electrons. The number of carboxylic acids is 1. The molecule has 4 heteroatoms. The second-order valence-corrected chi connectivity index (χ2v) is 5.13. The molecule has 17 heavy (non-hydrogen) atoms. The van der Waals surface area contributed by atoms with Gasteiger partial charge in [0.25, 0.3) is 0 Å². The largest absolute Gasteiger partial charge is 0.480 e. The topological polar surface area (TPSA) is 60.8 Å². The predicted molar refractivity (Wildman–Crippen MR) is 65.2 cm³/mol. The lowest BCUT2D eigenvalue weighted by atomic mass is 10.1. The number of β-amino-alcohol motifs (C(OH)–C–C–N with tert-alkyl or cyclic N) is 1. The van der Waals surface area contributed by atoms with Crippen LogP contribution in [0.2, 0.25) is 0 Å². The minimum Gasteiger partial charge on any atom is -0.480 e. The summed E-state index contributed by atoms with van der Waals surface area (Å²) < 4.78 is 0. The molecule has 92 valence electrons. The lowest BCUT2D eigenvalue weighted by Crippen LogP contribution is -2.46. The van der Waals surface area contributed by atoms with Crippen molar-refractivity contribution in [1.82, 2.24) is 0 Å². The number of nitrogens with zero attached hydrogens (tertiary/aromatic N) is 1. The van der Waals surface area contributed by atoms with Crippen molar-refractivity contribution in [2.45, 2.75) is 31.9 Å². The molecule has 1 aliphatic heterocycles. The summed E-state index contributed by atoms with van der Waals surface area (Å²) in [5.41, 5.74) is 1.04. The Morgan fingerprint density at radius 1 is 1.47 bits per heavy atom. The van der Waals surface area contributed by atoms with Crippen LogP contribution in [0, 0.1) is 0 Å². The van der Waals surface area contributed by atoms with Crippen molar-refractivity contribution in [3.8, 4) is 0 Å². The highest BCUT2D eigenvalue weighted by molar-refractivity contribution is 5.82. The van der Waals surface area contributed by atoms with Crippen LogP contribution in [0.5, 0.6) is 0 Å². The van der Waals surface area contributed by atoms with Crippen LogP contribution >= 0.6 is 0 Å². The molecule has 1 heterocycles. The number of hydrogen-bond acceptors (Lipinski definition) is 3. The van der Waals surface area contributed by atoms with E-state index < -0.39 is 17.6 Å². The Balaban J connectivity index is 2.34. The van der Waals surface area contributed by atoms with Gasteiger partial charge in [-0.1, -0.05) is 18.2 Å². The van der Waals surface area contributed by atoms with Crippen molar-refractivity contribution in [2.75, 3.05) is 11.4 Å². The standard InChI is InChI=1S/C13H17NO3/c1-13(2,17)8-14-10-6-4-3-5-9(10)7-11(14)12(15)16/h3-6,11,17H,7-8H2,1-2H3,(H,15,16). The van der Waals surface area contributed by atoms with Gasteiger partial charge in [0, 0.05) is 18.7 Å². The highest BCUT2D eigenvalue weighted by Gasteiger charge is 2.36. The molecule has 1 aromatic carbocycles. The maximum atomic E-state index is 11.2. The van der Waals surface area contributed by atoms with E-state index >= 15 is 0 Å². The third-order valence-corrected chi connectivity index (χ3v) is 2.93. The first-order chi connectivity index (χ1) is 7.88. The van der Waals surface area contributed by atoms with E-state index in [4.69, 9.17) is 0 Å². The van der Waals surface area contributed by atoms with Gasteiger partial charge in [0.15, 0.2) is 0 Å². The van der Waals surface area contributed by atoms with Crippen molar-refractivity contribution in [2.24, 2.45) is 0 Å². The van der Waals surface area contributed by atoms with Crippen LogP contribution in [-0.4, -0.2) is 34.4 Å². The van der Waals surface area contributed by atoms with Gasteiger partial charge in [0.1, 0.15) is 6.04 Å². The molecule has 4 nitrogen and oxygen atoms in total. The Labute approximate surface area is 100 Å². The zero-order valence-electron chi connectivity index (χ0n) is 10.1. The van der Waals surface area contributed by atoms with E-state index in [-0.39, 0.29) is 0 Å². The molecule has 0 fully saturated rings. The summed E-state index contributed by atoms with van der Waals surface area (Å²) in [4.78, 5) is 13.0. The summed E-state index contributed by atoms with van der Waals surface area (Å²) >= 11 is 0. The molecule has 0 aromatic heterocycles. The van der Waals surface area contributed by atoms with Gasteiger partial charge in [-0.25, -0.2) is 4.79 Å². The van der Waals surface area contributed by atoms with E-state index in [2.05, 4.69) is 0 Å². The van der Waals surface area contributed by atoms with Crippen molar-refractivity contribution < 1.29 is 15.0 Å². The minimum atomic E-state index is -0.912. The van der Waals surface area contributed by atoms with Gasteiger partial charge in [-0.2, -0.15) is 0 Å². The highest BCUT2D eigenvalue weighted by Crippen LogP contribution is 2.33. The molecular formula is C13H17NO3. The molecule has 0 spiro atoms. The molecule has 0 amide bonds. The molecule has 1 aromatic rings. The molecule has 2 rings (SSSR count). The normalized spacial score (nSPS) is 19.2. The average Bonchev–Trinajstić information content (AvgIpc) is 2.55. The van der Waals surface area contributed by atoms with Crippen molar-refractivity contribution in [3.63, 3.8) is 0 Å². The summed E-state index contributed by atoms with van der Waals surface area (Å²) in [6, 6.07) is 7.07. The Kier molecular flexibility index (Phi) is 2.83. The number of benzene rings is 1. The van der Waals surface area contributed by atoms with Gasteiger partial charge < -0.3 is 15.1 Å². The van der Waals surface area contributed by atoms with Crippen LogP contribution in [0.25, 0.3) is 0 Å². The molecule has 0 saturated heterocycles. The predicted octanol–water partition coefficient (Wildman–Crippen LogP) is 1.27. The molecule has 1 unspecified atom stereocenters. The maximum Gasteiger partial charge on any atom is 0.326 e. The summed E-state index contributed by atoms with van der Waals surface area (Å²) in [6.07, 6.45) is 0.502. The van der Waals surface area contributed by atoms with Gasteiger partial charge in [-0.3, -0.25) is 0 Å². The van der Waals surface area contributed by atoms with Crippen LogP contribution in [0.3, 0.4) is 0 Å². The van der Waals surface area contributed by atoms with Gasteiger partial charge in [0.05, 0.1) is 5.60 Å². The fraction of sp³-hybridized carbons (Fsp3) is 0.462. The lowest BCUT2D eigenvalue weighted by molar-refractivity contribution is -0.138. The van der Waals surface area contributed by atoms with E-state index in [1.807, 2.05) is 24.3 Å². The summed E-state index contributed by atoms with van der Waals surface area (Å²) in [5.74, 6) is -0.842. The second kappa shape index (κ2) is 4.04. The Morgan fingerprint density at radius 2 is 2.12 bits per heavy atom. The van der Waals surface area contributed by atoms with E-state index in [1.54, 1.807) is 18.7 Å². The lowest BCUT2D eigenvalue weighted by Gasteiger charge is -2.30. The number of carboxylic acid groups (broad SMARTS) is 1. The first-order valence-corrected chi connectivity index (χ1v) is 5.68. The molecule has 2 N–H and O–H groups in total. The molecule has 0 bridgehead atoms. The third kappa shape index (κ3) is 2.42. The van der Waals surface area contributed by atoms with E-state index in [1.165, 1.54) is 0 Å². The van der Waals surface area contributed by atoms with Crippen molar-refractivity contribution >= 4 is 11.7 Å². The monoisotopic (exact) mass is 235 g/mol. The quantitative estimate of drug-likeness (QED) is 0.828. The van der Waals surface area contributed by atoms with Crippen molar-refractivity contribution in [3.05, 3.63) is 29.8 Å². The Bertz CT molecular complexity index is 437. The molecule has 1 atom stereocenters. The van der Waals surface area contributed by atoms with Gasteiger partial charge >= 0.3 is 5.97 Å². The fourth-order valence-corrected chi connectivity index (χ4v) is 2.28. The number of para-hydroxylation sites is 1. The van der Waals surface area contributed by atoms with Gasteiger partial charge in [0.2, 0.25) is 0 Å². The molecule has 0 aliphatic carbocycles. The first-order valence-electron chi connectivity index (χ1n) is 5.68. The van der Waals surface area contributed by atoms with Crippen LogP contribution in [0.15, 0.2) is 24.3 Å². The number of rotatable bonds is 3. The zero-order valence-corrected chi connectivity index (χ0v) is 10.1. The van der Waals surface area contributed by atoms with Crippen LogP contribution in [0.1, 0.15) is 19.4 Å². The van der Waals surface area contributed by atoms with E-state index in [0.717, 1.165) is 11.3 Å². The minimum absolute atomic E-state index is 0.320. The number of hydrogen-bond donors (Lipinski definition) is 2. The fourth-order valence-electron chi connectivity index (χ4n) is 2.28.